The Morgan fingerprint density at radius 1 is 0.595 bits per heavy atom. The Labute approximate surface area is 240 Å². The van der Waals surface area contributed by atoms with E-state index in [0.29, 0.717) is 17.5 Å². The van der Waals surface area contributed by atoms with Gasteiger partial charge in [-0.05, 0) is 54.0 Å². The van der Waals surface area contributed by atoms with Gasteiger partial charge in [-0.3, -0.25) is 0 Å². The molecule has 4 aromatic rings. The molecule has 10 heteroatoms. The summed E-state index contributed by atoms with van der Waals surface area (Å²) in [6.45, 7) is 1.98. The zero-order valence-corrected chi connectivity index (χ0v) is 22.7. The third kappa shape index (κ3) is 6.84. The number of hydrogen-bond acceptors (Lipinski definition) is 10. The SMILES string of the molecule is CCCCCC(c1c(O)cc(C=Cc2ccc(O)c(O)c2)oc1=O)c1c(O)cc(C=Cc2ccc(O)c(O)c2)oc1=O. The Bertz CT molecular complexity index is 1640. The first-order valence-electron chi connectivity index (χ1n) is 13.2. The fraction of sp³-hybridized carbons (Fsp3) is 0.188. The number of phenolic OH excluding ortho intramolecular Hbond substituents is 4. The third-order valence-corrected chi connectivity index (χ3v) is 6.64. The van der Waals surface area contributed by atoms with Crippen LogP contribution < -0.4 is 11.3 Å². The Hall–Kier alpha value is -5.38. The van der Waals surface area contributed by atoms with Crippen molar-refractivity contribution in [3.05, 3.63) is 103 Å². The highest BCUT2D eigenvalue weighted by Crippen LogP contribution is 2.37. The van der Waals surface area contributed by atoms with Gasteiger partial charge in [0, 0.05) is 18.1 Å². The molecule has 6 N–H and O–H groups in total. The van der Waals surface area contributed by atoms with Crippen LogP contribution in [0, 0.1) is 0 Å². The van der Waals surface area contributed by atoms with E-state index in [4.69, 9.17) is 8.83 Å². The van der Waals surface area contributed by atoms with E-state index >= 15 is 0 Å². The van der Waals surface area contributed by atoms with Crippen molar-refractivity contribution in [3.63, 3.8) is 0 Å². The summed E-state index contributed by atoms with van der Waals surface area (Å²) in [6, 6.07) is 10.7. The van der Waals surface area contributed by atoms with Crippen molar-refractivity contribution in [2.45, 2.75) is 38.5 Å². The molecule has 0 radical (unpaired) electrons. The van der Waals surface area contributed by atoms with Crippen LogP contribution in [-0.2, 0) is 0 Å². The maximum Gasteiger partial charge on any atom is 0.343 e. The highest BCUT2D eigenvalue weighted by atomic mass is 16.4. The molecule has 0 aliphatic rings. The fourth-order valence-corrected chi connectivity index (χ4v) is 4.50. The summed E-state index contributed by atoms with van der Waals surface area (Å²) in [5.41, 5.74) is -1.22. The molecule has 42 heavy (non-hydrogen) atoms. The third-order valence-electron chi connectivity index (χ3n) is 6.64. The molecule has 218 valence electrons. The second kappa shape index (κ2) is 12.9. The summed E-state index contributed by atoms with van der Waals surface area (Å²) < 4.78 is 10.8. The number of aromatic hydroxyl groups is 6. The summed E-state index contributed by atoms with van der Waals surface area (Å²) in [5.74, 6) is -3.13. The predicted molar refractivity (Wildman–Crippen MR) is 157 cm³/mol. The van der Waals surface area contributed by atoms with Gasteiger partial charge in [0.25, 0.3) is 0 Å². The van der Waals surface area contributed by atoms with Crippen LogP contribution >= 0.6 is 0 Å². The molecule has 2 heterocycles. The van der Waals surface area contributed by atoms with Gasteiger partial charge in [-0.15, -0.1) is 0 Å². The van der Waals surface area contributed by atoms with Crippen LogP contribution in [0.3, 0.4) is 0 Å². The van der Waals surface area contributed by atoms with E-state index < -0.39 is 28.7 Å². The van der Waals surface area contributed by atoms with E-state index in [-0.39, 0.29) is 52.1 Å². The summed E-state index contributed by atoms with van der Waals surface area (Å²) in [5, 5.41) is 60.1. The van der Waals surface area contributed by atoms with Crippen molar-refractivity contribution in [2.75, 3.05) is 0 Å². The Morgan fingerprint density at radius 2 is 1.05 bits per heavy atom. The van der Waals surface area contributed by atoms with Crippen LogP contribution in [0.2, 0.25) is 0 Å². The van der Waals surface area contributed by atoms with Gasteiger partial charge < -0.3 is 39.5 Å². The van der Waals surface area contributed by atoms with E-state index in [0.717, 1.165) is 12.8 Å². The molecule has 0 spiro atoms. The van der Waals surface area contributed by atoms with Crippen LogP contribution in [0.1, 0.15) is 72.3 Å². The minimum atomic E-state index is -1.02. The largest absolute Gasteiger partial charge is 0.507 e. The number of unbranched alkanes of at least 4 members (excludes halogenated alkanes) is 2. The van der Waals surface area contributed by atoms with Crippen LogP contribution in [0.4, 0.5) is 0 Å². The van der Waals surface area contributed by atoms with Gasteiger partial charge in [0.1, 0.15) is 23.0 Å². The average molecular weight is 575 g/mol. The predicted octanol–water partition coefficient (Wildman–Crippen LogP) is 5.88. The van der Waals surface area contributed by atoms with Gasteiger partial charge in [0.15, 0.2) is 23.0 Å². The van der Waals surface area contributed by atoms with Crippen LogP contribution in [0.15, 0.2) is 67.0 Å². The molecule has 0 bridgehead atoms. The minimum absolute atomic E-state index is 0.00173. The summed E-state index contributed by atoms with van der Waals surface area (Å²) in [6.07, 6.45) is 8.23. The highest BCUT2D eigenvalue weighted by Gasteiger charge is 2.29. The molecular formula is C32H30O10. The zero-order valence-electron chi connectivity index (χ0n) is 22.7. The van der Waals surface area contributed by atoms with E-state index in [1.165, 1.54) is 72.8 Å². The molecule has 0 amide bonds. The molecule has 0 fully saturated rings. The van der Waals surface area contributed by atoms with Gasteiger partial charge in [-0.25, -0.2) is 9.59 Å². The molecule has 0 atom stereocenters. The number of benzene rings is 2. The molecule has 0 saturated carbocycles. The number of phenols is 4. The van der Waals surface area contributed by atoms with E-state index in [1.807, 2.05) is 6.92 Å². The molecule has 10 nitrogen and oxygen atoms in total. The lowest BCUT2D eigenvalue weighted by Gasteiger charge is -2.18. The van der Waals surface area contributed by atoms with Crippen LogP contribution in [-0.4, -0.2) is 30.6 Å². The first kappa shape index (κ1) is 29.6. The van der Waals surface area contributed by atoms with Crippen molar-refractivity contribution in [1.29, 1.82) is 0 Å². The molecule has 4 rings (SSSR count). The summed E-state index contributed by atoms with van der Waals surface area (Å²) >= 11 is 0. The quantitative estimate of drug-likeness (QED) is 0.0988. The van der Waals surface area contributed by atoms with Crippen LogP contribution in [0.5, 0.6) is 34.5 Å². The Morgan fingerprint density at radius 3 is 1.43 bits per heavy atom. The fourth-order valence-electron chi connectivity index (χ4n) is 4.50. The molecule has 0 saturated heterocycles. The van der Waals surface area contributed by atoms with Gasteiger partial charge >= 0.3 is 11.3 Å². The van der Waals surface area contributed by atoms with Crippen molar-refractivity contribution in [3.8, 4) is 34.5 Å². The zero-order chi connectivity index (χ0) is 30.4. The van der Waals surface area contributed by atoms with Crippen molar-refractivity contribution in [1.82, 2.24) is 0 Å². The smallest absolute Gasteiger partial charge is 0.343 e. The van der Waals surface area contributed by atoms with E-state index in [2.05, 4.69) is 0 Å². The van der Waals surface area contributed by atoms with Gasteiger partial charge in [0.05, 0.1) is 11.1 Å². The molecular weight excluding hydrogens is 544 g/mol. The first-order chi connectivity index (χ1) is 20.1. The maximum atomic E-state index is 13.1. The molecule has 2 aromatic heterocycles. The summed E-state index contributed by atoms with van der Waals surface area (Å²) in [7, 11) is 0. The first-order valence-corrected chi connectivity index (χ1v) is 13.2. The number of hydrogen-bond donors (Lipinski definition) is 6. The monoisotopic (exact) mass is 574 g/mol. The van der Waals surface area contributed by atoms with Crippen molar-refractivity contribution < 1.29 is 39.5 Å². The van der Waals surface area contributed by atoms with Gasteiger partial charge in [-0.2, -0.15) is 0 Å². The topological polar surface area (TPSA) is 182 Å². The lowest BCUT2D eigenvalue weighted by Crippen LogP contribution is -2.20. The van der Waals surface area contributed by atoms with Crippen LogP contribution in [0.25, 0.3) is 24.3 Å². The lowest BCUT2D eigenvalue weighted by molar-refractivity contribution is 0.403. The van der Waals surface area contributed by atoms with E-state index in [9.17, 15) is 40.2 Å². The number of rotatable bonds is 10. The van der Waals surface area contributed by atoms with Gasteiger partial charge in [-0.1, -0.05) is 50.5 Å². The van der Waals surface area contributed by atoms with Gasteiger partial charge in [0.2, 0.25) is 0 Å². The standard InChI is InChI=1S/C32H30O10/c1-2-3-4-5-22(29-27(37)16-20(41-31(29)39)10-6-18-8-12-23(33)25(35)14-18)30-28(38)17-21(42-32(30)40)11-7-19-9-13-24(34)26(36)15-19/h6-17,22,33-38H,2-5H2,1H3. The van der Waals surface area contributed by atoms with E-state index in [1.54, 1.807) is 0 Å². The molecule has 0 unspecified atom stereocenters. The molecule has 0 aliphatic heterocycles. The lowest BCUT2D eigenvalue weighted by atomic mass is 9.87. The Kier molecular flexibility index (Phi) is 9.06. The second-order valence-electron chi connectivity index (χ2n) is 9.68. The second-order valence-corrected chi connectivity index (χ2v) is 9.68. The highest BCUT2D eigenvalue weighted by molar-refractivity contribution is 5.70. The maximum absolute atomic E-state index is 13.1. The van der Waals surface area contributed by atoms with Crippen molar-refractivity contribution >= 4 is 24.3 Å². The molecule has 0 aliphatic carbocycles. The normalized spacial score (nSPS) is 12.3. The Balaban J connectivity index is 1.69. The van der Waals surface area contributed by atoms with Crippen molar-refractivity contribution in [2.24, 2.45) is 0 Å². The summed E-state index contributed by atoms with van der Waals surface area (Å²) in [4.78, 5) is 26.2. The molecule has 2 aromatic carbocycles. The average Bonchev–Trinajstić information content (AvgIpc) is 2.93. The minimum Gasteiger partial charge on any atom is -0.507 e.